The van der Waals surface area contributed by atoms with Crippen molar-refractivity contribution in [1.29, 1.82) is 0 Å². The van der Waals surface area contributed by atoms with Crippen LogP contribution in [0, 0.1) is 0 Å². The molecule has 0 spiro atoms. The molecular formula is C14H16BrNO2. The Morgan fingerprint density at radius 1 is 1.17 bits per heavy atom. The Labute approximate surface area is 115 Å². The van der Waals surface area contributed by atoms with Crippen molar-refractivity contribution in [3.8, 4) is 5.75 Å². The lowest BCUT2D eigenvalue weighted by atomic mass is 10.3. The van der Waals surface area contributed by atoms with Crippen molar-refractivity contribution in [2.75, 3.05) is 5.32 Å². The van der Waals surface area contributed by atoms with E-state index in [9.17, 15) is 0 Å². The van der Waals surface area contributed by atoms with E-state index in [1.54, 1.807) is 0 Å². The second-order valence-electron chi connectivity index (χ2n) is 4.25. The fraction of sp³-hybridized carbons (Fsp3) is 0.286. The first-order chi connectivity index (χ1) is 8.63. The molecule has 0 amide bonds. The Morgan fingerprint density at radius 3 is 2.44 bits per heavy atom. The van der Waals surface area contributed by atoms with Crippen LogP contribution in [-0.4, -0.2) is 6.10 Å². The second-order valence-corrected chi connectivity index (χ2v) is 5.03. The van der Waals surface area contributed by atoms with E-state index in [1.165, 1.54) is 0 Å². The number of rotatable bonds is 5. The van der Waals surface area contributed by atoms with Crippen LogP contribution in [-0.2, 0) is 6.54 Å². The first-order valence-corrected chi connectivity index (χ1v) is 6.67. The molecular weight excluding hydrogens is 294 g/mol. The average Bonchev–Trinajstić information content (AvgIpc) is 2.74. The highest BCUT2D eigenvalue weighted by atomic mass is 79.9. The second kappa shape index (κ2) is 5.96. The predicted octanol–water partition coefficient (Wildman–Crippen LogP) is 4.44. The van der Waals surface area contributed by atoms with Crippen LogP contribution >= 0.6 is 15.9 Å². The van der Waals surface area contributed by atoms with Gasteiger partial charge in [0.15, 0.2) is 4.67 Å². The lowest BCUT2D eigenvalue weighted by molar-refractivity contribution is 0.242. The first kappa shape index (κ1) is 13.0. The van der Waals surface area contributed by atoms with E-state index < -0.39 is 0 Å². The van der Waals surface area contributed by atoms with E-state index in [2.05, 4.69) is 21.2 Å². The van der Waals surface area contributed by atoms with Crippen LogP contribution in [0.25, 0.3) is 0 Å². The van der Waals surface area contributed by atoms with Gasteiger partial charge in [0.1, 0.15) is 11.5 Å². The van der Waals surface area contributed by atoms with Crippen molar-refractivity contribution in [2.24, 2.45) is 0 Å². The topological polar surface area (TPSA) is 34.4 Å². The normalized spacial score (nSPS) is 10.7. The highest BCUT2D eigenvalue weighted by Gasteiger charge is 2.00. The van der Waals surface area contributed by atoms with Crippen molar-refractivity contribution in [3.05, 3.63) is 46.8 Å². The smallest absolute Gasteiger partial charge is 0.169 e. The first-order valence-electron chi connectivity index (χ1n) is 5.88. The zero-order valence-corrected chi connectivity index (χ0v) is 12.0. The number of benzene rings is 1. The molecule has 1 heterocycles. The molecule has 0 atom stereocenters. The maximum Gasteiger partial charge on any atom is 0.169 e. The quantitative estimate of drug-likeness (QED) is 0.886. The molecule has 0 saturated heterocycles. The monoisotopic (exact) mass is 309 g/mol. The Kier molecular flexibility index (Phi) is 4.31. The number of furan rings is 1. The third kappa shape index (κ3) is 3.81. The predicted molar refractivity (Wildman–Crippen MR) is 75.9 cm³/mol. The minimum Gasteiger partial charge on any atom is -0.491 e. The summed E-state index contributed by atoms with van der Waals surface area (Å²) in [5.41, 5.74) is 1.04. The van der Waals surface area contributed by atoms with Crippen molar-refractivity contribution in [3.63, 3.8) is 0 Å². The van der Waals surface area contributed by atoms with Gasteiger partial charge in [-0.05, 0) is 66.2 Å². The number of anilines is 1. The van der Waals surface area contributed by atoms with Crippen LogP contribution in [0.15, 0.2) is 45.5 Å². The van der Waals surface area contributed by atoms with E-state index in [4.69, 9.17) is 9.15 Å². The van der Waals surface area contributed by atoms with Crippen molar-refractivity contribution < 1.29 is 9.15 Å². The maximum absolute atomic E-state index is 5.58. The number of halogens is 1. The van der Waals surface area contributed by atoms with Gasteiger partial charge < -0.3 is 14.5 Å². The number of hydrogen-bond acceptors (Lipinski definition) is 3. The Balaban J connectivity index is 1.90. The lowest BCUT2D eigenvalue weighted by Gasteiger charge is -2.10. The largest absolute Gasteiger partial charge is 0.491 e. The van der Waals surface area contributed by atoms with Crippen LogP contribution in [0.3, 0.4) is 0 Å². The van der Waals surface area contributed by atoms with E-state index in [-0.39, 0.29) is 6.10 Å². The molecule has 1 aromatic carbocycles. The minimum absolute atomic E-state index is 0.198. The van der Waals surface area contributed by atoms with Crippen LogP contribution in [0.4, 0.5) is 5.69 Å². The van der Waals surface area contributed by atoms with Gasteiger partial charge in [0.05, 0.1) is 12.6 Å². The van der Waals surface area contributed by atoms with Crippen molar-refractivity contribution in [1.82, 2.24) is 0 Å². The summed E-state index contributed by atoms with van der Waals surface area (Å²) in [5.74, 6) is 1.78. The molecule has 0 fully saturated rings. The zero-order chi connectivity index (χ0) is 13.0. The molecule has 2 rings (SSSR count). The molecule has 18 heavy (non-hydrogen) atoms. The summed E-state index contributed by atoms with van der Waals surface area (Å²) in [5, 5.41) is 3.28. The molecule has 0 aliphatic heterocycles. The molecule has 0 radical (unpaired) electrons. The molecule has 3 nitrogen and oxygen atoms in total. The van der Waals surface area contributed by atoms with Gasteiger partial charge in [-0.15, -0.1) is 0 Å². The fourth-order valence-corrected chi connectivity index (χ4v) is 1.90. The minimum atomic E-state index is 0.198. The van der Waals surface area contributed by atoms with Gasteiger partial charge in [-0.2, -0.15) is 0 Å². The van der Waals surface area contributed by atoms with Gasteiger partial charge in [-0.3, -0.25) is 0 Å². The molecule has 0 saturated carbocycles. The third-order valence-corrected chi connectivity index (χ3v) is 2.75. The summed E-state index contributed by atoms with van der Waals surface area (Å²) < 4.78 is 11.7. The maximum atomic E-state index is 5.58. The number of nitrogens with one attached hydrogen (secondary N) is 1. The molecule has 0 aliphatic rings. The summed E-state index contributed by atoms with van der Waals surface area (Å²) in [4.78, 5) is 0. The summed E-state index contributed by atoms with van der Waals surface area (Å²) in [6.07, 6.45) is 0.198. The van der Waals surface area contributed by atoms with Crippen molar-refractivity contribution in [2.45, 2.75) is 26.5 Å². The Morgan fingerprint density at radius 2 is 1.89 bits per heavy atom. The third-order valence-electron chi connectivity index (χ3n) is 2.32. The van der Waals surface area contributed by atoms with E-state index in [0.717, 1.165) is 21.9 Å². The van der Waals surface area contributed by atoms with Gasteiger partial charge in [0.2, 0.25) is 0 Å². The summed E-state index contributed by atoms with van der Waals surface area (Å²) >= 11 is 3.28. The SMILES string of the molecule is CC(C)Oc1ccc(NCc2ccc(Br)o2)cc1. The molecule has 1 N–H and O–H groups in total. The van der Waals surface area contributed by atoms with E-state index in [0.29, 0.717) is 6.54 Å². The molecule has 4 heteroatoms. The highest BCUT2D eigenvalue weighted by molar-refractivity contribution is 9.10. The molecule has 0 unspecified atom stereocenters. The van der Waals surface area contributed by atoms with E-state index >= 15 is 0 Å². The van der Waals surface area contributed by atoms with Gasteiger partial charge in [-0.25, -0.2) is 0 Å². The van der Waals surface area contributed by atoms with Crippen LogP contribution < -0.4 is 10.1 Å². The van der Waals surface area contributed by atoms with Gasteiger partial charge >= 0.3 is 0 Å². The van der Waals surface area contributed by atoms with Crippen LogP contribution in [0.2, 0.25) is 0 Å². The summed E-state index contributed by atoms with van der Waals surface area (Å²) in [7, 11) is 0. The van der Waals surface area contributed by atoms with Gasteiger partial charge in [0.25, 0.3) is 0 Å². The molecule has 1 aromatic heterocycles. The average molecular weight is 310 g/mol. The molecule has 0 aliphatic carbocycles. The summed E-state index contributed by atoms with van der Waals surface area (Å²) in [6.45, 7) is 4.69. The van der Waals surface area contributed by atoms with Crippen LogP contribution in [0.5, 0.6) is 5.75 Å². The summed E-state index contributed by atoms with van der Waals surface area (Å²) in [6, 6.07) is 11.7. The van der Waals surface area contributed by atoms with E-state index in [1.807, 2.05) is 50.2 Å². The number of ether oxygens (including phenoxy) is 1. The molecule has 0 bridgehead atoms. The van der Waals surface area contributed by atoms with Crippen LogP contribution in [0.1, 0.15) is 19.6 Å². The van der Waals surface area contributed by atoms with Gasteiger partial charge in [0, 0.05) is 5.69 Å². The Hall–Kier alpha value is -1.42. The number of hydrogen-bond donors (Lipinski definition) is 1. The standard InChI is InChI=1S/C14H16BrNO2/c1-10(2)17-12-5-3-11(4-6-12)16-9-13-7-8-14(15)18-13/h3-8,10,16H,9H2,1-2H3. The highest BCUT2D eigenvalue weighted by Crippen LogP contribution is 2.19. The molecule has 2 aromatic rings. The fourth-order valence-electron chi connectivity index (χ4n) is 1.56. The van der Waals surface area contributed by atoms with Crippen molar-refractivity contribution >= 4 is 21.6 Å². The lowest BCUT2D eigenvalue weighted by Crippen LogP contribution is -2.05. The molecule has 96 valence electrons. The Bertz CT molecular complexity index is 491. The zero-order valence-electron chi connectivity index (χ0n) is 10.4. The van der Waals surface area contributed by atoms with Gasteiger partial charge in [-0.1, -0.05) is 0 Å².